The number of likely N-dealkylation sites (tertiary alicyclic amines) is 1. The van der Waals surface area contributed by atoms with Crippen LogP contribution in [0.2, 0.25) is 0 Å². The summed E-state index contributed by atoms with van der Waals surface area (Å²) in [5.74, 6) is -2.63. The Hall–Kier alpha value is -3.11. The van der Waals surface area contributed by atoms with E-state index in [-0.39, 0.29) is 24.2 Å². The van der Waals surface area contributed by atoms with Gasteiger partial charge in [0.15, 0.2) is 0 Å². The van der Waals surface area contributed by atoms with E-state index in [1.54, 1.807) is 0 Å². The molecule has 9 nitrogen and oxygen atoms in total. The fourth-order valence-corrected chi connectivity index (χ4v) is 2.85. The number of nitrogens with zero attached hydrogens (tertiary/aromatic N) is 4. The van der Waals surface area contributed by atoms with E-state index in [4.69, 9.17) is 4.52 Å². The van der Waals surface area contributed by atoms with E-state index in [9.17, 15) is 23.7 Å². The number of rotatable bonds is 3. The van der Waals surface area contributed by atoms with Crippen molar-refractivity contribution >= 4 is 11.8 Å². The first-order valence-electron chi connectivity index (χ1n) is 7.63. The minimum atomic E-state index is -1.23. The average Bonchev–Trinajstić information content (AvgIpc) is 3.26. The van der Waals surface area contributed by atoms with E-state index in [2.05, 4.69) is 14.9 Å². The molecule has 3 rings (SSSR count). The van der Waals surface area contributed by atoms with E-state index in [1.165, 1.54) is 12.0 Å². The molecule has 0 spiro atoms. The van der Waals surface area contributed by atoms with E-state index in [0.29, 0.717) is 13.0 Å². The predicted molar refractivity (Wildman–Crippen MR) is 82.4 cm³/mol. The zero-order valence-corrected chi connectivity index (χ0v) is 13.9. The predicted octanol–water partition coefficient (Wildman–Crippen LogP) is 2.79. The maximum atomic E-state index is 14.5. The smallest absolute Gasteiger partial charge is 0.409 e. The Labute approximate surface area is 145 Å². The molecule has 1 atom stereocenters. The van der Waals surface area contributed by atoms with Crippen molar-refractivity contribution in [2.45, 2.75) is 19.3 Å². The summed E-state index contributed by atoms with van der Waals surface area (Å²) in [4.78, 5) is 27.0. The van der Waals surface area contributed by atoms with Crippen molar-refractivity contribution < 1.29 is 27.8 Å². The van der Waals surface area contributed by atoms with Gasteiger partial charge in [0.2, 0.25) is 17.5 Å². The van der Waals surface area contributed by atoms with Crippen LogP contribution in [0.4, 0.5) is 19.3 Å². The van der Waals surface area contributed by atoms with Gasteiger partial charge in [-0.15, -0.1) is 0 Å². The molecule has 0 radical (unpaired) electrons. The molecule has 1 aromatic carbocycles. The second kappa shape index (κ2) is 6.65. The molecule has 1 aliphatic heterocycles. The summed E-state index contributed by atoms with van der Waals surface area (Å²) in [6.45, 7) is 1.81. The van der Waals surface area contributed by atoms with E-state index >= 15 is 0 Å². The number of aromatic nitrogens is 2. The summed E-state index contributed by atoms with van der Waals surface area (Å²) in [6.07, 6.45) is 0.0382. The van der Waals surface area contributed by atoms with Crippen LogP contribution in [0.3, 0.4) is 0 Å². The lowest BCUT2D eigenvalue weighted by molar-refractivity contribution is -0.388. The lowest BCUT2D eigenvalue weighted by Crippen LogP contribution is -2.28. The van der Waals surface area contributed by atoms with Crippen molar-refractivity contribution in [3.8, 4) is 11.4 Å². The zero-order valence-electron chi connectivity index (χ0n) is 13.9. The minimum Gasteiger partial charge on any atom is -0.453 e. The van der Waals surface area contributed by atoms with Gasteiger partial charge in [-0.25, -0.2) is 9.18 Å². The highest BCUT2D eigenvalue weighted by molar-refractivity contribution is 5.68. The zero-order chi connectivity index (χ0) is 19.0. The lowest BCUT2D eigenvalue weighted by atomic mass is 10.1. The first kappa shape index (κ1) is 17.7. The van der Waals surface area contributed by atoms with Gasteiger partial charge in [0, 0.05) is 13.1 Å². The molecule has 1 aliphatic rings. The van der Waals surface area contributed by atoms with Crippen molar-refractivity contribution in [2.75, 3.05) is 20.2 Å². The first-order valence-corrected chi connectivity index (χ1v) is 7.63. The molecule has 11 heteroatoms. The van der Waals surface area contributed by atoms with Crippen LogP contribution in [-0.2, 0) is 4.74 Å². The fraction of sp³-hybridized carbons (Fsp3) is 0.400. The van der Waals surface area contributed by atoms with Gasteiger partial charge >= 0.3 is 11.8 Å². The van der Waals surface area contributed by atoms with Crippen LogP contribution in [0.15, 0.2) is 10.6 Å². The van der Waals surface area contributed by atoms with Gasteiger partial charge in [0.25, 0.3) is 0 Å². The van der Waals surface area contributed by atoms with Crippen LogP contribution in [0.5, 0.6) is 0 Å². The minimum absolute atomic E-state index is 0.134. The normalized spacial score (nSPS) is 16.8. The van der Waals surface area contributed by atoms with Crippen LogP contribution >= 0.6 is 0 Å². The average molecular weight is 368 g/mol. The molecule has 0 N–H and O–H groups in total. The number of hydrogen-bond acceptors (Lipinski definition) is 7. The van der Waals surface area contributed by atoms with Crippen LogP contribution in [0.1, 0.15) is 23.8 Å². The Kier molecular flexibility index (Phi) is 4.53. The number of ether oxygens (including phenoxy) is 1. The number of carbonyl (C=O) groups excluding carboxylic acids is 1. The van der Waals surface area contributed by atoms with E-state index < -0.39 is 39.5 Å². The number of nitro benzene ring substituents is 1. The highest BCUT2D eigenvalue weighted by Crippen LogP contribution is 2.34. The van der Waals surface area contributed by atoms with Gasteiger partial charge in [-0.05, 0) is 19.4 Å². The third-order valence-electron chi connectivity index (χ3n) is 4.26. The molecule has 2 aromatic rings. The quantitative estimate of drug-likeness (QED) is 0.605. The number of carbonyl (C=O) groups is 1. The van der Waals surface area contributed by atoms with E-state index in [0.717, 1.165) is 13.0 Å². The van der Waals surface area contributed by atoms with Crippen molar-refractivity contribution in [1.82, 2.24) is 15.0 Å². The molecule has 138 valence electrons. The van der Waals surface area contributed by atoms with Crippen molar-refractivity contribution in [1.29, 1.82) is 0 Å². The maximum Gasteiger partial charge on any atom is 0.409 e. The van der Waals surface area contributed by atoms with Gasteiger partial charge < -0.3 is 14.2 Å². The lowest BCUT2D eigenvalue weighted by Gasteiger charge is -2.12. The molecule has 2 heterocycles. The van der Waals surface area contributed by atoms with Gasteiger partial charge in [-0.1, -0.05) is 5.16 Å². The second-order valence-electron chi connectivity index (χ2n) is 5.81. The number of hydrogen-bond donors (Lipinski definition) is 0. The standard InChI is InChI=1S/C15H14F2N4O5/c1-7-10(16)5-9(11(17)12(7)21(23)24)13-18-14(26-19-13)8-3-4-20(6-8)15(22)25-2/h5,8H,3-4,6H2,1-2H3. The molecule has 1 aromatic heterocycles. The molecule has 0 saturated carbocycles. The van der Waals surface area contributed by atoms with Gasteiger partial charge in [-0.3, -0.25) is 10.1 Å². The highest BCUT2D eigenvalue weighted by Gasteiger charge is 2.33. The number of nitro groups is 1. The van der Waals surface area contributed by atoms with Crippen LogP contribution in [-0.4, -0.2) is 46.3 Å². The summed E-state index contributed by atoms with van der Waals surface area (Å²) < 4.78 is 38.1. The summed E-state index contributed by atoms with van der Waals surface area (Å²) in [7, 11) is 1.27. The van der Waals surface area contributed by atoms with E-state index in [1.807, 2.05) is 0 Å². The summed E-state index contributed by atoms with van der Waals surface area (Å²) >= 11 is 0. The second-order valence-corrected chi connectivity index (χ2v) is 5.81. The van der Waals surface area contributed by atoms with Gasteiger partial charge in [-0.2, -0.15) is 9.37 Å². The Morgan fingerprint density at radius 3 is 2.88 bits per heavy atom. The highest BCUT2D eigenvalue weighted by atomic mass is 19.1. The molecule has 26 heavy (non-hydrogen) atoms. The van der Waals surface area contributed by atoms with Crippen molar-refractivity contribution in [2.24, 2.45) is 0 Å². The molecule has 0 aliphatic carbocycles. The largest absolute Gasteiger partial charge is 0.453 e. The monoisotopic (exact) mass is 368 g/mol. The first-order chi connectivity index (χ1) is 12.3. The third-order valence-corrected chi connectivity index (χ3v) is 4.26. The SMILES string of the molecule is COC(=O)N1CCC(c2nc(-c3cc(F)c(C)c([N+](=O)[O-])c3F)no2)C1. The van der Waals surface area contributed by atoms with Crippen molar-refractivity contribution in [3.05, 3.63) is 39.3 Å². The summed E-state index contributed by atoms with van der Waals surface area (Å²) in [5.41, 5.74) is -1.84. The van der Waals surface area contributed by atoms with Crippen LogP contribution in [0, 0.1) is 28.7 Å². The fourth-order valence-electron chi connectivity index (χ4n) is 2.85. The van der Waals surface area contributed by atoms with Gasteiger partial charge in [0.05, 0.1) is 29.1 Å². The third kappa shape index (κ3) is 2.95. The molecule has 1 amide bonds. The van der Waals surface area contributed by atoms with Crippen LogP contribution < -0.4 is 0 Å². The molecule has 1 unspecified atom stereocenters. The molecule has 1 fully saturated rings. The number of benzene rings is 1. The van der Waals surface area contributed by atoms with Gasteiger partial charge in [0.1, 0.15) is 5.82 Å². The summed E-state index contributed by atoms with van der Waals surface area (Å²) in [5, 5.41) is 14.6. The molecular weight excluding hydrogens is 354 g/mol. The Balaban J connectivity index is 1.92. The Morgan fingerprint density at radius 1 is 1.50 bits per heavy atom. The molecule has 1 saturated heterocycles. The number of amides is 1. The topological polar surface area (TPSA) is 112 Å². The summed E-state index contributed by atoms with van der Waals surface area (Å²) in [6, 6.07) is 0.793. The molecule has 0 bridgehead atoms. The molecular formula is C15H14F2N4O5. The number of halogens is 2. The van der Waals surface area contributed by atoms with Crippen LogP contribution in [0.25, 0.3) is 11.4 Å². The Bertz CT molecular complexity index is 885. The number of methoxy groups -OCH3 is 1. The Morgan fingerprint density at radius 2 is 2.23 bits per heavy atom. The maximum absolute atomic E-state index is 14.5. The van der Waals surface area contributed by atoms with Crippen molar-refractivity contribution in [3.63, 3.8) is 0 Å².